The molecule has 2 aromatic rings. The monoisotopic (exact) mass is 277 g/mol. The molecule has 9 heteroatoms. The molecule has 16 heavy (non-hydrogen) atoms. The Balaban J connectivity index is 2.37. The maximum Gasteiger partial charge on any atom is 0.343 e. The second-order valence-corrected chi connectivity index (χ2v) is 4.55. The molecule has 0 bridgehead atoms. The summed E-state index contributed by atoms with van der Waals surface area (Å²) in [5.74, 6) is 0. The van der Waals surface area contributed by atoms with Crippen molar-refractivity contribution in [1.82, 2.24) is 25.0 Å². The maximum atomic E-state index is 11.1. The molecule has 84 valence electrons. The molecule has 0 unspecified atom stereocenters. The van der Waals surface area contributed by atoms with Gasteiger partial charge in [-0.2, -0.15) is 0 Å². The van der Waals surface area contributed by atoms with Crippen LogP contribution in [0.2, 0.25) is 10.3 Å². The number of halogens is 2. The maximum absolute atomic E-state index is 11.1. The highest BCUT2D eigenvalue weighted by Gasteiger charge is 2.11. The van der Waals surface area contributed by atoms with Gasteiger partial charge >= 0.3 is 5.69 Å². The van der Waals surface area contributed by atoms with Crippen LogP contribution in [0, 0.1) is 0 Å². The molecular weight excluding hydrogens is 273 g/mol. The third-order valence-corrected chi connectivity index (χ3v) is 3.38. The van der Waals surface area contributed by atoms with Crippen molar-refractivity contribution in [2.45, 2.75) is 10.1 Å². The number of nitrogens with zero attached hydrogens (tertiary/aromatic N) is 4. The molecule has 0 fully saturated rings. The third-order valence-electron chi connectivity index (χ3n) is 1.73. The summed E-state index contributed by atoms with van der Waals surface area (Å²) in [4.78, 5) is 11.7. The number of aromatic amines is 1. The Kier molecular flexibility index (Phi) is 3.17. The lowest BCUT2D eigenvalue weighted by Gasteiger charge is -2.01. The summed E-state index contributed by atoms with van der Waals surface area (Å²) < 4.78 is 1.36. The van der Waals surface area contributed by atoms with Gasteiger partial charge in [-0.1, -0.05) is 23.2 Å². The van der Waals surface area contributed by atoms with Gasteiger partial charge in [-0.3, -0.25) is 4.57 Å². The lowest BCUT2D eigenvalue weighted by atomic mass is 10.6. The molecule has 0 aliphatic carbocycles. The molecule has 2 heterocycles. The molecule has 1 N–H and O–H groups in total. The van der Waals surface area contributed by atoms with E-state index in [1.165, 1.54) is 16.3 Å². The van der Waals surface area contributed by atoms with Gasteiger partial charge in [0, 0.05) is 7.05 Å². The van der Waals surface area contributed by atoms with Gasteiger partial charge < -0.3 is 0 Å². The first-order chi connectivity index (χ1) is 7.58. The summed E-state index contributed by atoms with van der Waals surface area (Å²) in [6.07, 6.45) is 0. The Morgan fingerprint density at radius 2 is 2.19 bits per heavy atom. The van der Waals surface area contributed by atoms with Crippen molar-refractivity contribution in [2.24, 2.45) is 7.05 Å². The minimum absolute atomic E-state index is 0.213. The topological polar surface area (TPSA) is 76.5 Å². The van der Waals surface area contributed by atoms with Crippen LogP contribution in [0.3, 0.4) is 0 Å². The van der Waals surface area contributed by atoms with Crippen LogP contribution < -0.4 is 5.69 Å². The Morgan fingerprint density at radius 1 is 1.44 bits per heavy atom. The van der Waals surface area contributed by atoms with E-state index in [4.69, 9.17) is 23.2 Å². The Labute approximate surface area is 104 Å². The van der Waals surface area contributed by atoms with E-state index in [-0.39, 0.29) is 16.0 Å². The van der Waals surface area contributed by atoms with Crippen LogP contribution in [-0.4, -0.2) is 25.0 Å². The first kappa shape index (κ1) is 11.4. The highest BCUT2D eigenvalue weighted by atomic mass is 35.5. The van der Waals surface area contributed by atoms with Crippen molar-refractivity contribution >= 4 is 35.0 Å². The summed E-state index contributed by atoms with van der Waals surface area (Å²) in [5.41, 5.74) is -0.299. The second kappa shape index (κ2) is 4.44. The lowest BCUT2D eigenvalue weighted by molar-refractivity contribution is 0.765. The Morgan fingerprint density at radius 3 is 2.81 bits per heavy atom. The molecule has 0 spiro atoms. The van der Waals surface area contributed by atoms with Crippen LogP contribution in [-0.2, 0) is 7.05 Å². The first-order valence-electron chi connectivity index (χ1n) is 4.06. The van der Waals surface area contributed by atoms with Gasteiger partial charge in [-0.25, -0.2) is 9.89 Å². The average Bonchev–Trinajstić information content (AvgIpc) is 2.55. The fraction of sp³-hybridized carbons (Fsp3) is 0.143. The lowest BCUT2D eigenvalue weighted by Crippen LogP contribution is -2.12. The van der Waals surface area contributed by atoms with E-state index in [1.54, 1.807) is 13.1 Å². The zero-order valence-electron chi connectivity index (χ0n) is 7.94. The van der Waals surface area contributed by atoms with Crippen molar-refractivity contribution in [3.8, 4) is 0 Å². The minimum atomic E-state index is -0.299. The molecule has 0 atom stereocenters. The van der Waals surface area contributed by atoms with Crippen LogP contribution >= 0.6 is 35.0 Å². The molecule has 0 saturated carbocycles. The van der Waals surface area contributed by atoms with Crippen molar-refractivity contribution in [1.29, 1.82) is 0 Å². The van der Waals surface area contributed by atoms with Gasteiger partial charge in [0.25, 0.3) is 0 Å². The molecule has 0 aliphatic rings. The molecule has 0 aromatic carbocycles. The molecule has 0 aliphatic heterocycles. The SMILES string of the molecule is Cn1c(Sc2cc(Cl)nnc2Cl)n[nH]c1=O. The molecule has 6 nitrogen and oxygen atoms in total. The molecule has 2 aromatic heterocycles. The molecular formula is C7H5Cl2N5OS. The summed E-state index contributed by atoms with van der Waals surface area (Å²) in [5, 5.41) is 14.3. The normalized spacial score (nSPS) is 10.7. The van der Waals surface area contributed by atoms with E-state index in [2.05, 4.69) is 20.4 Å². The largest absolute Gasteiger partial charge is 0.343 e. The molecule has 0 radical (unpaired) electrons. The predicted octanol–water partition coefficient (Wildman–Crippen LogP) is 1.36. The van der Waals surface area contributed by atoms with E-state index in [9.17, 15) is 4.79 Å². The number of hydrogen-bond acceptors (Lipinski definition) is 5. The number of hydrogen-bond donors (Lipinski definition) is 1. The molecule has 2 rings (SSSR count). The zero-order chi connectivity index (χ0) is 11.7. The summed E-state index contributed by atoms with van der Waals surface area (Å²) in [6.45, 7) is 0. The predicted molar refractivity (Wildman–Crippen MR) is 60.0 cm³/mol. The smallest absolute Gasteiger partial charge is 0.273 e. The number of rotatable bonds is 2. The van der Waals surface area contributed by atoms with Crippen molar-refractivity contribution in [2.75, 3.05) is 0 Å². The van der Waals surface area contributed by atoms with Gasteiger partial charge in [0.05, 0.1) is 4.90 Å². The van der Waals surface area contributed by atoms with Gasteiger partial charge in [0.15, 0.2) is 15.5 Å². The van der Waals surface area contributed by atoms with E-state index in [0.29, 0.717) is 10.1 Å². The van der Waals surface area contributed by atoms with Crippen LogP contribution in [0.15, 0.2) is 20.9 Å². The Bertz CT molecular complexity index is 580. The minimum Gasteiger partial charge on any atom is -0.273 e. The van der Waals surface area contributed by atoms with E-state index < -0.39 is 0 Å². The van der Waals surface area contributed by atoms with E-state index in [1.807, 2.05) is 0 Å². The van der Waals surface area contributed by atoms with E-state index >= 15 is 0 Å². The fourth-order valence-corrected chi connectivity index (χ4v) is 2.15. The van der Waals surface area contributed by atoms with E-state index in [0.717, 1.165) is 0 Å². The number of aromatic nitrogens is 5. The van der Waals surface area contributed by atoms with Crippen molar-refractivity contribution in [3.05, 3.63) is 26.9 Å². The van der Waals surface area contributed by atoms with Crippen LogP contribution in [0.5, 0.6) is 0 Å². The highest BCUT2D eigenvalue weighted by molar-refractivity contribution is 7.99. The van der Waals surface area contributed by atoms with Crippen LogP contribution in [0.4, 0.5) is 0 Å². The van der Waals surface area contributed by atoms with Crippen molar-refractivity contribution in [3.63, 3.8) is 0 Å². The zero-order valence-corrected chi connectivity index (χ0v) is 10.3. The Hall–Kier alpha value is -1.05. The van der Waals surface area contributed by atoms with Crippen molar-refractivity contribution < 1.29 is 0 Å². The standard InChI is InChI=1S/C7H5Cl2N5OS/c1-14-6(15)12-13-7(14)16-3-2-4(8)10-11-5(3)9/h2H,1H3,(H,12,15). The van der Waals surface area contributed by atoms with Crippen LogP contribution in [0.25, 0.3) is 0 Å². The summed E-state index contributed by atoms with van der Waals surface area (Å²) >= 11 is 12.7. The quantitative estimate of drug-likeness (QED) is 0.897. The highest BCUT2D eigenvalue weighted by Crippen LogP contribution is 2.30. The third kappa shape index (κ3) is 2.21. The van der Waals surface area contributed by atoms with Gasteiger partial charge in [-0.15, -0.1) is 15.3 Å². The first-order valence-corrected chi connectivity index (χ1v) is 5.63. The average molecular weight is 278 g/mol. The second-order valence-electron chi connectivity index (χ2n) is 2.79. The number of H-pyrrole nitrogens is 1. The molecule has 0 saturated heterocycles. The number of nitrogens with one attached hydrogen (secondary N) is 1. The van der Waals surface area contributed by atoms with Gasteiger partial charge in [-0.05, 0) is 17.8 Å². The summed E-state index contributed by atoms with van der Waals surface area (Å²) in [7, 11) is 1.60. The molecule has 0 amide bonds. The summed E-state index contributed by atoms with van der Waals surface area (Å²) in [6, 6.07) is 1.56. The van der Waals surface area contributed by atoms with Gasteiger partial charge in [0.1, 0.15) is 0 Å². The van der Waals surface area contributed by atoms with Crippen LogP contribution in [0.1, 0.15) is 0 Å². The fourth-order valence-electron chi connectivity index (χ4n) is 0.931. The van der Waals surface area contributed by atoms with Gasteiger partial charge in [0.2, 0.25) is 0 Å².